The Bertz CT molecular complexity index is 845. The number of aromatic nitrogens is 2. The SMILES string of the molecule is Cc1noc(CN2CCN(C3CCN(Cc4cccc(Cl)c4F)C3)C2=O)n1. The van der Waals surface area contributed by atoms with Crippen LogP contribution < -0.4 is 0 Å². The number of halogens is 2. The Balaban J connectivity index is 1.35. The normalized spacial score (nSPS) is 20.9. The number of hydrogen-bond acceptors (Lipinski definition) is 5. The molecule has 1 atom stereocenters. The van der Waals surface area contributed by atoms with E-state index in [1.54, 1.807) is 30.0 Å². The van der Waals surface area contributed by atoms with E-state index in [2.05, 4.69) is 15.0 Å². The van der Waals surface area contributed by atoms with Crippen LogP contribution in [0.25, 0.3) is 0 Å². The summed E-state index contributed by atoms with van der Waals surface area (Å²) in [5, 5.41) is 3.90. The smallest absolute Gasteiger partial charge is 0.320 e. The van der Waals surface area contributed by atoms with E-state index >= 15 is 0 Å². The van der Waals surface area contributed by atoms with Gasteiger partial charge >= 0.3 is 6.03 Å². The molecule has 1 unspecified atom stereocenters. The average molecular weight is 394 g/mol. The van der Waals surface area contributed by atoms with Crippen molar-refractivity contribution in [3.8, 4) is 0 Å². The second-order valence-corrected chi connectivity index (χ2v) is 7.43. The number of likely N-dealkylation sites (tertiary alicyclic amines) is 1. The number of urea groups is 1. The second-order valence-electron chi connectivity index (χ2n) is 7.02. The zero-order valence-corrected chi connectivity index (χ0v) is 15.8. The van der Waals surface area contributed by atoms with E-state index in [0.717, 1.165) is 19.5 Å². The quantitative estimate of drug-likeness (QED) is 0.781. The Hall–Kier alpha value is -2.19. The lowest BCUT2D eigenvalue weighted by atomic mass is 10.2. The van der Waals surface area contributed by atoms with Gasteiger partial charge in [-0.05, 0) is 19.4 Å². The molecule has 2 aliphatic rings. The van der Waals surface area contributed by atoms with Gasteiger partial charge in [0.2, 0.25) is 5.89 Å². The Morgan fingerprint density at radius 2 is 2.15 bits per heavy atom. The highest BCUT2D eigenvalue weighted by Crippen LogP contribution is 2.25. The summed E-state index contributed by atoms with van der Waals surface area (Å²) < 4.78 is 19.2. The summed E-state index contributed by atoms with van der Waals surface area (Å²) in [5.41, 5.74) is 0.587. The van der Waals surface area contributed by atoms with E-state index in [0.29, 0.717) is 43.5 Å². The minimum absolute atomic E-state index is 0.00774. The van der Waals surface area contributed by atoms with E-state index in [9.17, 15) is 9.18 Å². The fourth-order valence-corrected chi connectivity index (χ4v) is 3.97. The Morgan fingerprint density at radius 1 is 1.30 bits per heavy atom. The molecule has 2 fully saturated rings. The van der Waals surface area contributed by atoms with E-state index in [4.69, 9.17) is 16.1 Å². The number of benzene rings is 1. The molecule has 2 amide bonds. The Kier molecular flexibility index (Phi) is 5.01. The molecule has 0 spiro atoms. The fraction of sp³-hybridized carbons (Fsp3) is 0.500. The van der Waals surface area contributed by atoms with Crippen LogP contribution in [0.3, 0.4) is 0 Å². The van der Waals surface area contributed by atoms with Gasteiger partial charge in [-0.1, -0.05) is 28.9 Å². The van der Waals surface area contributed by atoms with Crippen LogP contribution in [-0.2, 0) is 13.1 Å². The van der Waals surface area contributed by atoms with Crippen LogP contribution in [0.2, 0.25) is 5.02 Å². The highest BCUT2D eigenvalue weighted by molar-refractivity contribution is 6.30. The molecule has 7 nitrogen and oxygen atoms in total. The summed E-state index contributed by atoms with van der Waals surface area (Å²) in [6, 6.07) is 5.19. The first kappa shape index (κ1) is 18.2. The summed E-state index contributed by atoms with van der Waals surface area (Å²) in [4.78, 5) is 22.7. The summed E-state index contributed by atoms with van der Waals surface area (Å²) in [6.45, 7) is 5.45. The predicted molar refractivity (Wildman–Crippen MR) is 96.6 cm³/mol. The molecule has 0 saturated carbocycles. The van der Waals surface area contributed by atoms with Crippen molar-refractivity contribution in [3.05, 3.63) is 46.3 Å². The Labute approximate surface area is 161 Å². The van der Waals surface area contributed by atoms with Crippen molar-refractivity contribution in [2.24, 2.45) is 0 Å². The number of rotatable bonds is 5. The number of amides is 2. The molecule has 9 heteroatoms. The van der Waals surface area contributed by atoms with Crippen LogP contribution in [0.5, 0.6) is 0 Å². The van der Waals surface area contributed by atoms with Gasteiger partial charge in [-0.2, -0.15) is 4.98 Å². The third kappa shape index (κ3) is 3.77. The molecular weight excluding hydrogens is 373 g/mol. The van der Waals surface area contributed by atoms with Crippen LogP contribution in [0, 0.1) is 12.7 Å². The largest absolute Gasteiger partial charge is 0.337 e. The lowest BCUT2D eigenvalue weighted by Crippen LogP contribution is -2.40. The number of aryl methyl sites for hydroxylation is 1. The summed E-state index contributed by atoms with van der Waals surface area (Å²) >= 11 is 5.87. The molecule has 4 rings (SSSR count). The van der Waals surface area contributed by atoms with Crippen LogP contribution in [0.15, 0.2) is 22.7 Å². The van der Waals surface area contributed by atoms with Gasteiger partial charge < -0.3 is 14.3 Å². The van der Waals surface area contributed by atoms with E-state index < -0.39 is 0 Å². The van der Waals surface area contributed by atoms with Gasteiger partial charge in [0.15, 0.2) is 5.82 Å². The van der Waals surface area contributed by atoms with Gasteiger partial charge in [-0.3, -0.25) is 4.90 Å². The van der Waals surface area contributed by atoms with Crippen molar-refractivity contribution >= 4 is 17.6 Å². The average Bonchev–Trinajstić information content (AvgIpc) is 3.35. The molecule has 0 radical (unpaired) electrons. The van der Waals surface area contributed by atoms with Crippen molar-refractivity contribution in [2.75, 3.05) is 26.2 Å². The lowest BCUT2D eigenvalue weighted by molar-refractivity contribution is 0.170. The first-order valence-corrected chi connectivity index (χ1v) is 9.39. The van der Waals surface area contributed by atoms with Gasteiger partial charge in [0, 0.05) is 44.3 Å². The van der Waals surface area contributed by atoms with Gasteiger partial charge in [0.1, 0.15) is 12.4 Å². The summed E-state index contributed by atoms with van der Waals surface area (Å²) in [5.74, 6) is 0.654. The van der Waals surface area contributed by atoms with Crippen molar-refractivity contribution in [3.63, 3.8) is 0 Å². The van der Waals surface area contributed by atoms with E-state index in [1.807, 2.05) is 4.90 Å². The minimum Gasteiger partial charge on any atom is -0.337 e. The highest BCUT2D eigenvalue weighted by Gasteiger charge is 2.37. The van der Waals surface area contributed by atoms with Crippen molar-refractivity contribution in [1.29, 1.82) is 0 Å². The molecule has 2 aromatic rings. The first-order chi connectivity index (χ1) is 13.0. The van der Waals surface area contributed by atoms with Crippen molar-refractivity contribution in [2.45, 2.75) is 32.5 Å². The van der Waals surface area contributed by atoms with Crippen molar-refractivity contribution < 1.29 is 13.7 Å². The van der Waals surface area contributed by atoms with Crippen LogP contribution in [-0.4, -0.2) is 63.1 Å². The van der Waals surface area contributed by atoms with Crippen molar-refractivity contribution in [1.82, 2.24) is 24.8 Å². The molecular formula is C18H21ClFN5O2. The van der Waals surface area contributed by atoms with Crippen LogP contribution in [0.1, 0.15) is 23.7 Å². The predicted octanol–water partition coefficient (Wildman–Crippen LogP) is 2.68. The topological polar surface area (TPSA) is 65.7 Å². The molecule has 3 heterocycles. The zero-order valence-electron chi connectivity index (χ0n) is 15.1. The number of carbonyl (C=O) groups excluding carboxylic acids is 1. The highest BCUT2D eigenvalue weighted by atomic mass is 35.5. The third-order valence-corrected chi connectivity index (χ3v) is 5.43. The third-order valence-electron chi connectivity index (χ3n) is 5.14. The molecule has 0 N–H and O–H groups in total. The van der Waals surface area contributed by atoms with E-state index in [-0.39, 0.29) is 22.9 Å². The molecule has 1 aromatic carbocycles. The molecule has 0 aliphatic carbocycles. The number of hydrogen-bond donors (Lipinski definition) is 0. The maximum Gasteiger partial charge on any atom is 0.320 e. The molecule has 2 aliphatic heterocycles. The van der Waals surface area contributed by atoms with Crippen LogP contribution >= 0.6 is 11.6 Å². The monoisotopic (exact) mass is 393 g/mol. The van der Waals surface area contributed by atoms with Crippen LogP contribution in [0.4, 0.5) is 9.18 Å². The van der Waals surface area contributed by atoms with Gasteiger partial charge in [0.05, 0.1) is 5.02 Å². The fourth-order valence-electron chi connectivity index (χ4n) is 3.78. The van der Waals surface area contributed by atoms with Gasteiger partial charge in [0.25, 0.3) is 0 Å². The molecule has 144 valence electrons. The standard InChI is InChI=1S/C18H21ClFN5O2/c1-12-21-16(27-22-12)11-24-7-8-25(18(24)26)14-5-6-23(10-14)9-13-3-2-4-15(19)17(13)20/h2-4,14H,5-11H2,1H3. The maximum atomic E-state index is 14.1. The number of carbonyl (C=O) groups is 1. The summed E-state index contributed by atoms with van der Waals surface area (Å²) in [7, 11) is 0. The lowest BCUT2D eigenvalue weighted by Gasteiger charge is -2.24. The zero-order chi connectivity index (χ0) is 19.0. The maximum absolute atomic E-state index is 14.1. The molecule has 0 bridgehead atoms. The van der Waals surface area contributed by atoms with Gasteiger partial charge in [-0.15, -0.1) is 0 Å². The minimum atomic E-state index is -0.360. The van der Waals surface area contributed by atoms with E-state index in [1.165, 1.54) is 0 Å². The van der Waals surface area contributed by atoms with Gasteiger partial charge in [-0.25, -0.2) is 9.18 Å². The first-order valence-electron chi connectivity index (χ1n) is 9.01. The summed E-state index contributed by atoms with van der Waals surface area (Å²) in [6.07, 6.45) is 0.876. The number of nitrogens with zero attached hydrogens (tertiary/aromatic N) is 5. The molecule has 2 saturated heterocycles. The Morgan fingerprint density at radius 3 is 2.93 bits per heavy atom. The molecule has 1 aromatic heterocycles. The second kappa shape index (κ2) is 7.44. The molecule has 27 heavy (non-hydrogen) atoms.